The second-order valence-electron chi connectivity index (χ2n) is 4.05. The van der Waals surface area contributed by atoms with E-state index < -0.39 is 24.7 Å². The van der Waals surface area contributed by atoms with E-state index in [9.17, 15) is 18.0 Å². The lowest BCUT2D eigenvalue weighted by Crippen LogP contribution is -2.45. The molecule has 0 aromatic carbocycles. The summed E-state index contributed by atoms with van der Waals surface area (Å²) in [5.41, 5.74) is 5.48. The molecule has 0 rings (SSSR count). The topological polar surface area (TPSA) is 46.3 Å². The lowest BCUT2D eigenvalue weighted by Gasteiger charge is -2.23. The van der Waals surface area contributed by atoms with E-state index in [0.29, 0.717) is 11.3 Å². The third-order valence-corrected chi connectivity index (χ3v) is 1.84. The van der Waals surface area contributed by atoms with Crippen LogP contribution in [-0.2, 0) is 4.79 Å². The van der Waals surface area contributed by atoms with Crippen LogP contribution >= 0.6 is 0 Å². The number of rotatable bonds is 4. The molecule has 0 unspecified atom stereocenters. The van der Waals surface area contributed by atoms with E-state index in [2.05, 4.69) is 0 Å². The monoisotopic (exact) mass is 226 g/mol. The summed E-state index contributed by atoms with van der Waals surface area (Å²) in [6.45, 7) is 2.46. The van der Waals surface area contributed by atoms with Gasteiger partial charge in [0, 0.05) is 7.05 Å². The molecule has 1 amide bonds. The molecule has 0 fully saturated rings. The van der Waals surface area contributed by atoms with Gasteiger partial charge in [0.1, 0.15) is 6.54 Å². The molecule has 2 N–H and O–H groups in total. The maximum Gasteiger partial charge on any atom is 0.406 e. The quantitative estimate of drug-likeness (QED) is 0.787. The average Bonchev–Trinajstić information content (AvgIpc) is 1.98. The fraction of sp³-hybridized carbons (Fsp3) is 0.889. The third kappa shape index (κ3) is 6.33. The maximum absolute atomic E-state index is 12.0. The van der Waals surface area contributed by atoms with Gasteiger partial charge in [0.05, 0.1) is 6.04 Å². The molecular formula is C9H17F3N2O. The van der Waals surface area contributed by atoms with Crippen molar-refractivity contribution in [2.45, 2.75) is 32.5 Å². The largest absolute Gasteiger partial charge is 0.406 e. The Morgan fingerprint density at radius 3 is 2.20 bits per heavy atom. The van der Waals surface area contributed by atoms with Crippen LogP contribution in [0.25, 0.3) is 0 Å². The van der Waals surface area contributed by atoms with Gasteiger partial charge in [-0.25, -0.2) is 0 Å². The Morgan fingerprint density at radius 1 is 1.40 bits per heavy atom. The first-order valence-electron chi connectivity index (χ1n) is 4.70. The van der Waals surface area contributed by atoms with Crippen molar-refractivity contribution >= 4 is 5.91 Å². The molecular weight excluding hydrogens is 209 g/mol. The van der Waals surface area contributed by atoms with Gasteiger partial charge in [-0.3, -0.25) is 4.79 Å². The van der Waals surface area contributed by atoms with Crippen LogP contribution in [0.1, 0.15) is 20.3 Å². The fourth-order valence-electron chi connectivity index (χ4n) is 1.24. The Labute approximate surface area is 87.4 Å². The summed E-state index contributed by atoms with van der Waals surface area (Å²) in [5.74, 6) is -0.482. The van der Waals surface area contributed by atoms with Crippen molar-refractivity contribution in [3.05, 3.63) is 0 Å². The zero-order valence-corrected chi connectivity index (χ0v) is 9.14. The van der Waals surface area contributed by atoms with Crippen molar-refractivity contribution in [1.29, 1.82) is 0 Å². The van der Waals surface area contributed by atoms with Gasteiger partial charge in [-0.2, -0.15) is 13.2 Å². The van der Waals surface area contributed by atoms with Gasteiger partial charge >= 0.3 is 6.18 Å². The molecule has 1 atom stereocenters. The number of amides is 1. The summed E-state index contributed by atoms with van der Waals surface area (Å²) >= 11 is 0. The second kappa shape index (κ2) is 5.34. The number of alkyl halides is 3. The highest BCUT2D eigenvalue weighted by Gasteiger charge is 2.32. The predicted octanol–water partition coefficient (Wildman–Crippen LogP) is 1.38. The zero-order valence-electron chi connectivity index (χ0n) is 9.14. The average molecular weight is 226 g/mol. The molecule has 0 saturated heterocycles. The normalized spacial score (nSPS) is 14.1. The SMILES string of the molecule is CC(C)C[C@H](N)C(=O)N(C)CC(F)(F)F. The first kappa shape index (κ1) is 14.2. The van der Waals surface area contributed by atoms with Crippen molar-refractivity contribution in [2.75, 3.05) is 13.6 Å². The molecule has 0 saturated carbocycles. The molecule has 0 radical (unpaired) electrons. The van der Waals surface area contributed by atoms with Gasteiger partial charge in [-0.05, 0) is 12.3 Å². The van der Waals surface area contributed by atoms with Gasteiger partial charge in [0.15, 0.2) is 0 Å². The Bertz CT molecular complexity index is 216. The Balaban J connectivity index is 4.20. The highest BCUT2D eigenvalue weighted by molar-refractivity contribution is 5.81. The van der Waals surface area contributed by atoms with Crippen LogP contribution in [-0.4, -0.2) is 36.6 Å². The minimum atomic E-state index is -4.37. The van der Waals surface area contributed by atoms with Crippen LogP contribution in [0.4, 0.5) is 13.2 Å². The van der Waals surface area contributed by atoms with Crippen molar-refractivity contribution in [3.63, 3.8) is 0 Å². The Morgan fingerprint density at radius 2 is 1.87 bits per heavy atom. The zero-order chi connectivity index (χ0) is 12.2. The van der Waals surface area contributed by atoms with Crippen LogP contribution < -0.4 is 5.73 Å². The number of hydrogen-bond donors (Lipinski definition) is 1. The summed E-state index contributed by atoms with van der Waals surface area (Å²) in [6, 6.07) is -0.850. The van der Waals surface area contributed by atoms with E-state index in [0.717, 1.165) is 7.05 Å². The summed E-state index contributed by atoms with van der Waals surface area (Å²) in [7, 11) is 1.11. The maximum atomic E-state index is 12.0. The first-order chi connectivity index (χ1) is 6.63. The van der Waals surface area contributed by atoms with E-state index in [1.165, 1.54) is 0 Å². The van der Waals surface area contributed by atoms with E-state index >= 15 is 0 Å². The number of hydrogen-bond acceptors (Lipinski definition) is 2. The molecule has 0 aromatic rings. The molecule has 0 bridgehead atoms. The molecule has 0 aliphatic rings. The van der Waals surface area contributed by atoms with Gasteiger partial charge in [-0.1, -0.05) is 13.8 Å². The third-order valence-electron chi connectivity index (χ3n) is 1.84. The number of nitrogens with zero attached hydrogens (tertiary/aromatic N) is 1. The molecule has 6 heteroatoms. The molecule has 15 heavy (non-hydrogen) atoms. The smallest absolute Gasteiger partial charge is 0.335 e. The molecule has 0 aromatic heterocycles. The van der Waals surface area contributed by atoms with Crippen LogP contribution in [0, 0.1) is 5.92 Å². The molecule has 0 aliphatic heterocycles. The van der Waals surface area contributed by atoms with Crippen LogP contribution in [0.3, 0.4) is 0 Å². The number of nitrogens with two attached hydrogens (primary N) is 1. The van der Waals surface area contributed by atoms with E-state index in [4.69, 9.17) is 5.73 Å². The van der Waals surface area contributed by atoms with Crippen LogP contribution in [0.2, 0.25) is 0 Å². The summed E-state index contributed by atoms with van der Waals surface area (Å²) in [4.78, 5) is 12.0. The van der Waals surface area contributed by atoms with Crippen LogP contribution in [0.5, 0.6) is 0 Å². The van der Waals surface area contributed by atoms with Crippen molar-refractivity contribution in [3.8, 4) is 0 Å². The molecule has 90 valence electrons. The highest BCUT2D eigenvalue weighted by atomic mass is 19.4. The summed E-state index contributed by atoms with van der Waals surface area (Å²) in [6.07, 6.45) is -3.98. The Hall–Kier alpha value is -0.780. The number of carbonyl (C=O) groups excluding carboxylic acids is 1. The van der Waals surface area contributed by atoms with Gasteiger partial charge in [-0.15, -0.1) is 0 Å². The highest BCUT2D eigenvalue weighted by Crippen LogP contribution is 2.16. The van der Waals surface area contributed by atoms with Gasteiger partial charge in [0.2, 0.25) is 5.91 Å². The second-order valence-corrected chi connectivity index (χ2v) is 4.05. The fourth-order valence-corrected chi connectivity index (χ4v) is 1.24. The summed E-state index contributed by atoms with van der Waals surface area (Å²) < 4.78 is 35.9. The number of halogens is 3. The molecule has 3 nitrogen and oxygen atoms in total. The molecule has 0 aliphatic carbocycles. The number of likely N-dealkylation sites (N-methyl/N-ethyl adjacent to an activating group) is 1. The predicted molar refractivity (Wildman–Crippen MR) is 51.1 cm³/mol. The number of carbonyl (C=O) groups is 1. The summed E-state index contributed by atoms with van der Waals surface area (Å²) in [5, 5.41) is 0. The molecule has 0 spiro atoms. The minimum Gasteiger partial charge on any atom is -0.335 e. The van der Waals surface area contributed by atoms with E-state index in [-0.39, 0.29) is 5.92 Å². The van der Waals surface area contributed by atoms with E-state index in [1.54, 1.807) is 0 Å². The van der Waals surface area contributed by atoms with Crippen LogP contribution in [0.15, 0.2) is 0 Å². The van der Waals surface area contributed by atoms with Crippen molar-refractivity contribution in [1.82, 2.24) is 4.90 Å². The lowest BCUT2D eigenvalue weighted by molar-refractivity contribution is -0.159. The standard InChI is InChI=1S/C9H17F3N2O/c1-6(2)4-7(13)8(15)14(3)5-9(10,11)12/h6-7H,4-5,13H2,1-3H3/t7-/m0/s1. The van der Waals surface area contributed by atoms with E-state index in [1.807, 2.05) is 13.8 Å². The Kier molecular flexibility index (Phi) is 5.07. The van der Waals surface area contributed by atoms with Crippen molar-refractivity contribution < 1.29 is 18.0 Å². The van der Waals surface area contributed by atoms with Crippen molar-refractivity contribution in [2.24, 2.45) is 11.7 Å². The lowest BCUT2D eigenvalue weighted by atomic mass is 10.0. The van der Waals surface area contributed by atoms with Gasteiger partial charge in [0.25, 0.3) is 0 Å². The first-order valence-corrected chi connectivity index (χ1v) is 4.70. The minimum absolute atomic E-state index is 0.184. The molecule has 0 heterocycles. The van der Waals surface area contributed by atoms with Gasteiger partial charge < -0.3 is 10.6 Å².